The summed E-state index contributed by atoms with van der Waals surface area (Å²) in [4.78, 5) is 2.27. The normalized spacial score (nSPS) is 20.7. The monoisotopic (exact) mass is 455 g/mol. The van der Waals surface area contributed by atoms with Crippen LogP contribution < -0.4 is 4.90 Å². The van der Waals surface area contributed by atoms with Gasteiger partial charge in [0.2, 0.25) is 0 Å². The van der Waals surface area contributed by atoms with E-state index in [0.717, 1.165) is 17.1 Å². The number of nitrogens with zero attached hydrogens (tertiary/aromatic N) is 1. The number of halogens is 1. The molecule has 2 bridgehead atoms. The molecule has 0 fully saturated rings. The van der Waals surface area contributed by atoms with Gasteiger partial charge >= 0.3 is 0 Å². The maximum absolute atomic E-state index is 6.60. The number of hydrogen-bond donors (Lipinski definition) is 0. The Labute approximate surface area is 204 Å². The lowest BCUT2D eigenvalue weighted by molar-refractivity contribution is 0.621. The van der Waals surface area contributed by atoms with Crippen molar-refractivity contribution in [1.82, 2.24) is 0 Å². The van der Waals surface area contributed by atoms with Crippen molar-refractivity contribution in [3.63, 3.8) is 0 Å². The maximum atomic E-state index is 6.60. The van der Waals surface area contributed by atoms with E-state index in [-0.39, 0.29) is 11.3 Å². The summed E-state index contributed by atoms with van der Waals surface area (Å²) < 4.78 is 0. The van der Waals surface area contributed by atoms with E-state index in [2.05, 4.69) is 109 Å². The summed E-state index contributed by atoms with van der Waals surface area (Å²) in [6, 6.07) is 33.4. The standard InChI is InChI=1S/C32H22ClN/c1-3-11-27(20(2)33)34-28-18-9-8-17-26(28)32-24-15-6-4-12-21(24)30(22-13-5-7-16-25(22)32)23-14-10-19-29(34)31(23)32/h3-19,30H,1-2H2/b27-11+. The highest BCUT2D eigenvalue weighted by molar-refractivity contribution is 6.32. The van der Waals surface area contributed by atoms with Crippen LogP contribution in [0.25, 0.3) is 0 Å². The summed E-state index contributed by atoms with van der Waals surface area (Å²) in [6.45, 7) is 8.04. The Balaban J connectivity index is 1.71. The van der Waals surface area contributed by atoms with Gasteiger partial charge in [0.05, 0.1) is 27.5 Å². The lowest BCUT2D eigenvalue weighted by atomic mass is 9.49. The van der Waals surface area contributed by atoms with E-state index in [0.29, 0.717) is 5.03 Å². The molecule has 1 nitrogen and oxygen atoms in total. The molecule has 4 aromatic rings. The van der Waals surface area contributed by atoms with Crippen molar-refractivity contribution in [1.29, 1.82) is 0 Å². The van der Waals surface area contributed by atoms with Gasteiger partial charge in [-0.1, -0.05) is 110 Å². The quantitative estimate of drug-likeness (QED) is 0.243. The number of para-hydroxylation sites is 1. The molecule has 1 aliphatic heterocycles. The predicted octanol–water partition coefficient (Wildman–Crippen LogP) is 8.15. The molecule has 0 N–H and O–H groups in total. The van der Waals surface area contributed by atoms with Crippen LogP contribution in [0.5, 0.6) is 0 Å². The predicted molar refractivity (Wildman–Crippen MR) is 141 cm³/mol. The average molecular weight is 456 g/mol. The van der Waals surface area contributed by atoms with Crippen molar-refractivity contribution in [3.8, 4) is 0 Å². The second kappa shape index (κ2) is 6.85. The summed E-state index contributed by atoms with van der Waals surface area (Å²) in [6.07, 6.45) is 3.73. The summed E-state index contributed by atoms with van der Waals surface area (Å²) in [5.74, 6) is 0.211. The molecule has 0 unspecified atom stereocenters. The second-order valence-electron chi connectivity index (χ2n) is 9.14. The van der Waals surface area contributed by atoms with E-state index in [1.165, 1.54) is 38.9 Å². The molecule has 0 radical (unpaired) electrons. The minimum absolute atomic E-state index is 0.211. The van der Waals surface area contributed by atoms with Gasteiger partial charge in [-0.15, -0.1) is 0 Å². The molecule has 8 rings (SSSR count). The first kappa shape index (κ1) is 19.6. The van der Waals surface area contributed by atoms with Crippen LogP contribution in [0.4, 0.5) is 11.4 Å². The van der Waals surface area contributed by atoms with Crippen LogP contribution >= 0.6 is 11.6 Å². The largest absolute Gasteiger partial charge is 0.308 e. The van der Waals surface area contributed by atoms with E-state index in [1.54, 1.807) is 6.08 Å². The molecule has 0 amide bonds. The van der Waals surface area contributed by atoms with Gasteiger partial charge in [0.1, 0.15) is 0 Å². The second-order valence-corrected chi connectivity index (χ2v) is 9.60. The molecular formula is C32H22ClN. The van der Waals surface area contributed by atoms with Crippen molar-refractivity contribution in [2.75, 3.05) is 4.90 Å². The number of allylic oxidation sites excluding steroid dienone is 3. The van der Waals surface area contributed by atoms with Crippen molar-refractivity contribution >= 4 is 23.0 Å². The van der Waals surface area contributed by atoms with Gasteiger partial charge in [0.15, 0.2) is 0 Å². The Morgan fingerprint density at radius 2 is 1.29 bits per heavy atom. The number of hydrogen-bond acceptors (Lipinski definition) is 1. The molecule has 1 heterocycles. The van der Waals surface area contributed by atoms with Crippen LogP contribution in [-0.2, 0) is 5.41 Å². The Kier molecular flexibility index (Phi) is 3.96. The fraction of sp³-hybridized carbons (Fsp3) is 0.0625. The van der Waals surface area contributed by atoms with E-state index >= 15 is 0 Å². The van der Waals surface area contributed by atoms with Crippen LogP contribution in [0.1, 0.15) is 44.9 Å². The van der Waals surface area contributed by atoms with Gasteiger partial charge in [0.25, 0.3) is 0 Å². The maximum Gasteiger partial charge on any atom is 0.0751 e. The SMILES string of the molecule is C=C/C=C(\C(=C)Cl)N1c2ccccc2C23c4ccccc4C(c4ccccc42)c2cccc1c23. The van der Waals surface area contributed by atoms with Crippen molar-refractivity contribution in [3.05, 3.63) is 166 Å². The van der Waals surface area contributed by atoms with Crippen LogP contribution in [-0.4, -0.2) is 0 Å². The van der Waals surface area contributed by atoms with Crippen LogP contribution in [0.2, 0.25) is 0 Å². The van der Waals surface area contributed by atoms with Crippen molar-refractivity contribution < 1.29 is 0 Å². The fourth-order valence-electron chi connectivity index (χ4n) is 6.69. The third kappa shape index (κ3) is 2.16. The third-order valence-corrected chi connectivity index (χ3v) is 7.89. The Morgan fingerprint density at radius 1 is 0.735 bits per heavy atom. The number of fused-ring (bicyclic) bond motifs is 1. The molecule has 0 saturated heterocycles. The van der Waals surface area contributed by atoms with E-state index in [9.17, 15) is 0 Å². The van der Waals surface area contributed by atoms with E-state index < -0.39 is 0 Å². The molecule has 0 saturated carbocycles. The van der Waals surface area contributed by atoms with Gasteiger partial charge in [-0.25, -0.2) is 0 Å². The van der Waals surface area contributed by atoms with Gasteiger partial charge in [0, 0.05) is 5.92 Å². The minimum atomic E-state index is -0.381. The summed E-state index contributed by atoms with van der Waals surface area (Å²) in [5.41, 5.74) is 12.3. The van der Waals surface area contributed by atoms with Gasteiger partial charge < -0.3 is 4.90 Å². The number of benzene rings is 4. The molecule has 4 aliphatic rings. The van der Waals surface area contributed by atoms with Crippen LogP contribution in [0.3, 0.4) is 0 Å². The van der Waals surface area contributed by atoms with Crippen molar-refractivity contribution in [2.45, 2.75) is 11.3 Å². The number of rotatable bonds is 3. The third-order valence-electron chi connectivity index (χ3n) is 7.70. The molecule has 0 aromatic heterocycles. The molecule has 1 spiro atoms. The van der Waals surface area contributed by atoms with Crippen molar-refractivity contribution in [2.24, 2.45) is 0 Å². The minimum Gasteiger partial charge on any atom is -0.308 e. The lowest BCUT2D eigenvalue weighted by Gasteiger charge is -2.55. The summed E-state index contributed by atoms with van der Waals surface area (Å²) >= 11 is 6.60. The summed E-state index contributed by atoms with van der Waals surface area (Å²) in [7, 11) is 0. The first-order valence-electron chi connectivity index (χ1n) is 11.6. The summed E-state index contributed by atoms with van der Waals surface area (Å²) in [5, 5.41) is 0.491. The topological polar surface area (TPSA) is 3.24 Å². The van der Waals surface area contributed by atoms with Crippen LogP contribution in [0, 0.1) is 0 Å². The Morgan fingerprint density at radius 3 is 1.94 bits per heavy atom. The van der Waals surface area contributed by atoms with E-state index in [4.69, 9.17) is 11.6 Å². The Bertz CT molecular complexity index is 1530. The molecule has 34 heavy (non-hydrogen) atoms. The molecule has 3 aliphatic carbocycles. The highest BCUT2D eigenvalue weighted by Crippen LogP contribution is 2.67. The zero-order valence-corrected chi connectivity index (χ0v) is 19.4. The van der Waals surface area contributed by atoms with E-state index in [1.807, 2.05) is 6.08 Å². The molecule has 4 aromatic carbocycles. The fourth-order valence-corrected chi connectivity index (χ4v) is 6.84. The molecule has 2 heteroatoms. The molecular weight excluding hydrogens is 434 g/mol. The lowest BCUT2D eigenvalue weighted by Crippen LogP contribution is -2.47. The van der Waals surface area contributed by atoms with Gasteiger partial charge in [-0.05, 0) is 57.2 Å². The first-order chi connectivity index (χ1) is 16.7. The molecule has 0 atom stereocenters. The zero-order chi connectivity index (χ0) is 23.0. The Hall–Kier alpha value is -3.81. The zero-order valence-electron chi connectivity index (χ0n) is 18.6. The highest BCUT2D eigenvalue weighted by Gasteiger charge is 2.57. The molecule has 162 valence electrons. The van der Waals surface area contributed by atoms with Crippen LogP contribution in [0.15, 0.2) is 127 Å². The van der Waals surface area contributed by atoms with Gasteiger partial charge in [-0.2, -0.15) is 0 Å². The smallest absolute Gasteiger partial charge is 0.0751 e. The van der Waals surface area contributed by atoms with Gasteiger partial charge in [-0.3, -0.25) is 0 Å². The number of anilines is 2. The highest BCUT2D eigenvalue weighted by atomic mass is 35.5. The first-order valence-corrected chi connectivity index (χ1v) is 12.0. The average Bonchev–Trinajstić information content (AvgIpc) is 2.88.